The quantitative estimate of drug-likeness (QED) is 0.123. The van der Waals surface area contributed by atoms with Gasteiger partial charge in [-0.15, -0.1) is 0 Å². The predicted octanol–water partition coefficient (Wildman–Crippen LogP) is 5.33. The van der Waals surface area contributed by atoms with Gasteiger partial charge in [0.15, 0.2) is 5.78 Å². The number of ether oxygens (including phenoxy) is 6. The topological polar surface area (TPSA) is 242 Å². The van der Waals surface area contributed by atoms with Crippen molar-refractivity contribution in [2.45, 2.75) is 180 Å². The highest BCUT2D eigenvalue weighted by Gasteiger charge is 2.57. The van der Waals surface area contributed by atoms with Crippen LogP contribution in [-0.2, 0) is 57.2 Å². The number of esters is 2. The average Bonchev–Trinajstić information content (AvgIpc) is 3.36. The molecule has 1 saturated carbocycles. The fourth-order valence-electron chi connectivity index (χ4n) is 10.7. The molecule has 17 heteroatoms. The van der Waals surface area contributed by atoms with Crippen LogP contribution in [0.2, 0.25) is 0 Å². The number of Topliss-reactive ketones (excluding diaryl/α,β-unsaturated/α-hetero) is 3. The van der Waals surface area contributed by atoms with Crippen molar-refractivity contribution >= 4 is 35.2 Å². The SMILES string of the molecule is CO[C@H]1C[C@@H]2CC[C@@H](C)[C@@](OC(=O)C(CO)CO)(O2)C(=O)C(=O)N2CCCC[C@H]2C(=O)O[C@H]([C@H](C)C[C@H]2CC[C@@H](O)[C@H](OC)C2)CC(=O)[C@H](C)/C=C(\C)[C@@H](O)[C@@H](OC)C(=O)[C@H](C)C[C@H](C)/C=C/C=C/C=C/1C. The largest absolute Gasteiger partial charge is 0.460 e. The lowest BCUT2D eigenvalue weighted by atomic mass is 9.78. The van der Waals surface area contributed by atoms with Crippen LogP contribution in [0.1, 0.15) is 126 Å². The summed E-state index contributed by atoms with van der Waals surface area (Å²) in [6.45, 7) is 10.8. The molecule has 15 atom stereocenters. The van der Waals surface area contributed by atoms with Crippen molar-refractivity contribution in [1.82, 2.24) is 4.90 Å². The molecule has 72 heavy (non-hydrogen) atoms. The van der Waals surface area contributed by atoms with Crippen LogP contribution in [-0.4, -0.2) is 156 Å². The van der Waals surface area contributed by atoms with Crippen LogP contribution in [0.3, 0.4) is 0 Å². The van der Waals surface area contributed by atoms with E-state index in [1.54, 1.807) is 40.9 Å². The van der Waals surface area contributed by atoms with Crippen LogP contribution >= 0.6 is 0 Å². The zero-order chi connectivity index (χ0) is 53.4. The molecule has 3 heterocycles. The standard InChI is InChI=1S/C55H85NO16/c1-32-16-12-11-13-17-33(2)45(67-8)28-41-21-19-38(7)55(71-41,72-53(65)40(30-57)31-58)51(63)52(64)56-23-15-14-18-42(56)54(66)70-46(35(4)26-39-20-22-43(59)47(27-39)68-9)29-44(60)34(3)25-37(6)49(62)50(69-10)48(61)36(5)24-32/h11-13,16-17,25,32,34-36,38-43,45-47,49-50,57-59,62H,14-15,18-24,26-31H2,1-10H3/b13-11+,16-12+,33-17+,37-25+/t32-,34-,35-,36-,38-,39-,41+,42+,43-,45+,46+,47-,49-,50+,55+/m1/s1. The Bertz CT molecular complexity index is 1960. The van der Waals surface area contributed by atoms with Gasteiger partial charge in [-0.25, -0.2) is 4.79 Å². The molecular weight excluding hydrogens is 931 g/mol. The Morgan fingerprint density at radius 3 is 2.21 bits per heavy atom. The maximum absolute atomic E-state index is 15.0. The van der Waals surface area contributed by atoms with Crippen molar-refractivity contribution in [3.05, 3.63) is 47.6 Å². The van der Waals surface area contributed by atoms with E-state index in [4.69, 9.17) is 28.4 Å². The van der Waals surface area contributed by atoms with Crippen molar-refractivity contribution in [2.75, 3.05) is 41.1 Å². The second kappa shape index (κ2) is 28.7. The second-order valence-corrected chi connectivity index (χ2v) is 21.0. The van der Waals surface area contributed by atoms with Crippen molar-refractivity contribution in [2.24, 2.45) is 41.4 Å². The van der Waals surface area contributed by atoms with Gasteiger partial charge in [-0.05, 0) is 107 Å². The van der Waals surface area contributed by atoms with Crippen LogP contribution in [0.5, 0.6) is 0 Å². The maximum atomic E-state index is 15.0. The summed E-state index contributed by atoms with van der Waals surface area (Å²) in [4.78, 5) is 87.1. The fraction of sp³-hybridized carbons (Fsp3) is 0.745. The summed E-state index contributed by atoms with van der Waals surface area (Å²) >= 11 is 0. The molecule has 4 rings (SSSR count). The summed E-state index contributed by atoms with van der Waals surface area (Å²) in [7, 11) is 4.44. The Labute approximate surface area is 426 Å². The van der Waals surface area contributed by atoms with E-state index in [2.05, 4.69) is 0 Å². The van der Waals surface area contributed by atoms with E-state index in [0.717, 1.165) is 10.5 Å². The summed E-state index contributed by atoms with van der Waals surface area (Å²) in [5.74, 6) is -11.4. The molecule has 2 saturated heterocycles. The van der Waals surface area contributed by atoms with Gasteiger partial charge in [-0.3, -0.25) is 24.0 Å². The van der Waals surface area contributed by atoms with Gasteiger partial charge in [0.2, 0.25) is 0 Å². The fourth-order valence-corrected chi connectivity index (χ4v) is 10.7. The first-order chi connectivity index (χ1) is 34.2. The molecule has 2 bridgehead atoms. The molecule has 0 aromatic rings. The third kappa shape index (κ3) is 15.8. The van der Waals surface area contributed by atoms with Crippen LogP contribution in [0.4, 0.5) is 0 Å². The van der Waals surface area contributed by atoms with Gasteiger partial charge in [-0.1, -0.05) is 71.1 Å². The normalized spacial score (nSPS) is 37.6. The number of carbonyl (C=O) groups is 6. The minimum absolute atomic E-state index is 0.0193. The van der Waals surface area contributed by atoms with Gasteiger partial charge < -0.3 is 53.7 Å². The molecule has 0 radical (unpaired) electrons. The minimum Gasteiger partial charge on any atom is -0.460 e. The predicted molar refractivity (Wildman–Crippen MR) is 267 cm³/mol. The Morgan fingerprint density at radius 2 is 1.56 bits per heavy atom. The van der Waals surface area contributed by atoms with Crippen molar-refractivity contribution in [1.29, 1.82) is 0 Å². The smallest absolute Gasteiger partial charge is 0.329 e. The van der Waals surface area contributed by atoms with E-state index in [9.17, 15) is 49.2 Å². The summed E-state index contributed by atoms with van der Waals surface area (Å²) in [5.41, 5.74) is 1.16. The minimum atomic E-state index is -2.50. The number of aliphatic hydroxyl groups excluding tert-OH is 4. The molecule has 3 aliphatic heterocycles. The van der Waals surface area contributed by atoms with E-state index < -0.39 is 115 Å². The molecule has 0 aromatic carbocycles. The lowest BCUT2D eigenvalue weighted by Gasteiger charge is -2.45. The van der Waals surface area contributed by atoms with Gasteiger partial charge in [0.1, 0.15) is 36.1 Å². The number of aliphatic hydroxyl groups is 4. The molecule has 0 aromatic heterocycles. The second-order valence-electron chi connectivity index (χ2n) is 21.0. The van der Waals surface area contributed by atoms with Crippen molar-refractivity contribution < 1.29 is 77.6 Å². The van der Waals surface area contributed by atoms with Crippen LogP contribution in [0, 0.1) is 41.4 Å². The molecule has 0 spiro atoms. The molecule has 4 aliphatic rings. The number of amides is 1. The Morgan fingerprint density at radius 1 is 0.847 bits per heavy atom. The average molecular weight is 1020 g/mol. The zero-order valence-corrected chi connectivity index (χ0v) is 44.4. The van der Waals surface area contributed by atoms with Gasteiger partial charge >= 0.3 is 11.9 Å². The van der Waals surface area contributed by atoms with E-state index in [1.807, 2.05) is 51.2 Å². The highest BCUT2D eigenvalue weighted by Crippen LogP contribution is 2.40. The number of ketones is 3. The Hall–Kier alpha value is -3.94. The number of nitrogens with zero attached hydrogens (tertiary/aromatic N) is 1. The van der Waals surface area contributed by atoms with E-state index >= 15 is 0 Å². The molecule has 1 amide bonds. The highest BCUT2D eigenvalue weighted by molar-refractivity contribution is 6.39. The number of allylic oxidation sites excluding steroid dienone is 6. The number of methoxy groups -OCH3 is 3. The van der Waals surface area contributed by atoms with Crippen LogP contribution in [0.25, 0.3) is 0 Å². The summed E-state index contributed by atoms with van der Waals surface area (Å²) in [6, 6.07) is -1.26. The maximum Gasteiger partial charge on any atom is 0.329 e. The van der Waals surface area contributed by atoms with Gasteiger partial charge in [0.25, 0.3) is 17.5 Å². The summed E-state index contributed by atoms with van der Waals surface area (Å²) in [6.07, 6.45) is 9.54. The van der Waals surface area contributed by atoms with E-state index in [0.29, 0.717) is 56.9 Å². The Kier molecular flexibility index (Phi) is 24.1. The van der Waals surface area contributed by atoms with Crippen LogP contribution in [0.15, 0.2) is 47.6 Å². The summed E-state index contributed by atoms with van der Waals surface area (Å²) < 4.78 is 35.7. The van der Waals surface area contributed by atoms with E-state index in [1.165, 1.54) is 14.2 Å². The van der Waals surface area contributed by atoms with Gasteiger partial charge in [0, 0.05) is 58.5 Å². The molecule has 406 valence electrons. The molecule has 17 nitrogen and oxygen atoms in total. The highest BCUT2D eigenvalue weighted by atomic mass is 16.7. The molecule has 0 unspecified atom stereocenters. The number of cyclic esters (lactones) is 1. The lowest BCUT2D eigenvalue weighted by molar-refractivity contribution is -0.279. The molecule has 1 aliphatic carbocycles. The first-order valence-electron chi connectivity index (χ1n) is 26.1. The summed E-state index contributed by atoms with van der Waals surface area (Å²) in [5, 5.41) is 41.9. The number of piperidine rings is 1. The third-order valence-corrected chi connectivity index (χ3v) is 15.5. The zero-order valence-electron chi connectivity index (χ0n) is 44.4. The number of rotatable bonds is 10. The lowest BCUT2D eigenvalue weighted by Crippen LogP contribution is -2.63. The van der Waals surface area contributed by atoms with E-state index in [-0.39, 0.29) is 61.7 Å². The molecule has 3 fully saturated rings. The number of fused-ring (bicyclic) bond motifs is 3. The van der Waals surface area contributed by atoms with Crippen molar-refractivity contribution in [3.63, 3.8) is 0 Å². The molecular formula is C55H85NO16. The van der Waals surface area contributed by atoms with Gasteiger partial charge in [-0.2, -0.15) is 0 Å². The molecule has 4 N–H and O–H groups in total. The number of hydrogen-bond acceptors (Lipinski definition) is 16. The van der Waals surface area contributed by atoms with Gasteiger partial charge in [0.05, 0.1) is 37.6 Å². The number of carbonyl (C=O) groups excluding carboxylic acids is 6. The Balaban J connectivity index is 1.80. The number of hydrogen-bond donors (Lipinski definition) is 4. The van der Waals surface area contributed by atoms with Crippen LogP contribution < -0.4 is 0 Å². The first kappa shape index (κ1) is 60.6. The third-order valence-electron chi connectivity index (χ3n) is 15.5. The monoisotopic (exact) mass is 1020 g/mol. The first-order valence-corrected chi connectivity index (χ1v) is 26.1. The van der Waals surface area contributed by atoms with Crippen molar-refractivity contribution in [3.8, 4) is 0 Å².